The fourth-order valence-corrected chi connectivity index (χ4v) is 5.96. The van der Waals surface area contributed by atoms with Crippen molar-refractivity contribution in [1.29, 1.82) is 0 Å². The van der Waals surface area contributed by atoms with Crippen molar-refractivity contribution in [1.82, 2.24) is 10.2 Å². The molecule has 0 heterocycles. The molecule has 1 N–H and O–H groups in total. The van der Waals surface area contributed by atoms with Gasteiger partial charge in [0, 0.05) is 29.7 Å². The Hall–Kier alpha value is -4.16. The predicted molar refractivity (Wildman–Crippen MR) is 160 cm³/mol. The number of rotatable bonds is 12. The van der Waals surface area contributed by atoms with Gasteiger partial charge in [-0.1, -0.05) is 47.5 Å². The molecule has 0 aromatic heterocycles. The fourth-order valence-electron chi connectivity index (χ4n) is 4.36. The summed E-state index contributed by atoms with van der Waals surface area (Å²) in [7, 11) is -3.27. The Kier molecular flexibility index (Phi) is 10.5. The van der Waals surface area contributed by atoms with E-state index in [1.54, 1.807) is 19.9 Å². The van der Waals surface area contributed by atoms with Crippen LogP contribution in [0.25, 0.3) is 0 Å². The molecule has 1 atom stereocenters. The van der Waals surface area contributed by atoms with Crippen molar-refractivity contribution in [3.63, 3.8) is 0 Å². The number of carbonyl (C=O) groups is 2. The lowest BCUT2D eigenvalue weighted by Gasteiger charge is -2.32. The number of likely N-dealkylation sites (N-methyl/N-ethyl adjacent to an activating group) is 1. The van der Waals surface area contributed by atoms with Gasteiger partial charge in [-0.2, -0.15) is 0 Å². The first-order chi connectivity index (χ1) is 19.8. The van der Waals surface area contributed by atoms with Crippen LogP contribution in [-0.4, -0.2) is 56.3 Å². The van der Waals surface area contributed by atoms with Gasteiger partial charge >= 0.3 is 0 Å². The van der Waals surface area contributed by atoms with Crippen molar-refractivity contribution >= 4 is 44.8 Å². The van der Waals surface area contributed by atoms with E-state index < -0.39 is 49.9 Å². The van der Waals surface area contributed by atoms with Gasteiger partial charge in [-0.3, -0.25) is 24.0 Å². The zero-order valence-corrected chi connectivity index (χ0v) is 25.5. The Morgan fingerprint density at radius 3 is 2.43 bits per heavy atom. The molecule has 0 radical (unpaired) electrons. The van der Waals surface area contributed by atoms with Gasteiger partial charge in [0.05, 0.1) is 22.6 Å². The topological polar surface area (TPSA) is 139 Å². The molecule has 3 aromatic carbocycles. The van der Waals surface area contributed by atoms with Crippen LogP contribution in [0.5, 0.6) is 5.75 Å². The van der Waals surface area contributed by atoms with Gasteiger partial charge in [-0.15, -0.1) is 0 Å². The number of amides is 2. The number of ether oxygens (including phenoxy) is 1. The Morgan fingerprint density at radius 1 is 1.10 bits per heavy atom. The largest absolute Gasteiger partial charge is 0.495 e. The molecule has 0 bridgehead atoms. The molecule has 13 heteroatoms. The van der Waals surface area contributed by atoms with Crippen LogP contribution in [0.1, 0.15) is 30.5 Å². The molecular formula is C29H33ClN4O7S. The van der Waals surface area contributed by atoms with Crippen LogP contribution >= 0.6 is 11.6 Å². The average Bonchev–Trinajstić information content (AvgIpc) is 2.94. The minimum absolute atomic E-state index is 0.0232. The van der Waals surface area contributed by atoms with Crippen molar-refractivity contribution in [2.75, 3.05) is 24.5 Å². The molecule has 0 fully saturated rings. The number of halogens is 1. The minimum atomic E-state index is -4.60. The first kappa shape index (κ1) is 32.4. The number of methoxy groups -OCH3 is 1. The molecular weight excluding hydrogens is 584 g/mol. The van der Waals surface area contributed by atoms with E-state index in [2.05, 4.69) is 5.32 Å². The number of hydrogen-bond acceptors (Lipinski definition) is 7. The molecule has 3 rings (SSSR count). The third kappa shape index (κ3) is 7.37. The van der Waals surface area contributed by atoms with Crippen LogP contribution in [0.4, 0.5) is 11.4 Å². The summed E-state index contributed by atoms with van der Waals surface area (Å²) in [6.07, 6.45) is 0. The number of sulfonamides is 1. The summed E-state index contributed by atoms with van der Waals surface area (Å²) in [6, 6.07) is 14.2. The lowest BCUT2D eigenvalue weighted by Crippen LogP contribution is -2.51. The molecule has 2 amide bonds. The first-order valence-electron chi connectivity index (χ1n) is 13.0. The molecule has 0 saturated heterocycles. The fraction of sp³-hybridized carbons (Fsp3) is 0.310. The van der Waals surface area contributed by atoms with Crippen molar-refractivity contribution in [2.45, 2.75) is 45.2 Å². The maximum absolute atomic E-state index is 14.1. The lowest BCUT2D eigenvalue weighted by atomic mass is 10.1. The highest BCUT2D eigenvalue weighted by molar-refractivity contribution is 7.92. The molecule has 0 aliphatic carbocycles. The van der Waals surface area contributed by atoms with Gasteiger partial charge in [0.1, 0.15) is 18.3 Å². The van der Waals surface area contributed by atoms with Gasteiger partial charge < -0.3 is 15.0 Å². The maximum atomic E-state index is 14.1. The molecule has 0 spiro atoms. The number of anilines is 1. The molecule has 0 saturated carbocycles. The first-order valence-corrected chi connectivity index (χ1v) is 14.9. The minimum Gasteiger partial charge on any atom is -0.495 e. The number of nitro benzene ring substituents is 1. The zero-order chi connectivity index (χ0) is 31.2. The smallest absolute Gasteiger partial charge is 0.273 e. The summed E-state index contributed by atoms with van der Waals surface area (Å²) < 4.78 is 34.4. The van der Waals surface area contributed by atoms with E-state index in [1.165, 1.54) is 49.3 Å². The van der Waals surface area contributed by atoms with Crippen molar-refractivity contribution in [3.8, 4) is 5.75 Å². The quantitative estimate of drug-likeness (QED) is 0.231. The van der Waals surface area contributed by atoms with E-state index in [0.717, 1.165) is 21.5 Å². The van der Waals surface area contributed by atoms with E-state index in [-0.39, 0.29) is 28.6 Å². The second kappa shape index (κ2) is 13.7. The predicted octanol–water partition coefficient (Wildman–Crippen LogP) is 4.62. The van der Waals surface area contributed by atoms with E-state index >= 15 is 0 Å². The van der Waals surface area contributed by atoms with Gasteiger partial charge in [0.2, 0.25) is 11.8 Å². The summed E-state index contributed by atoms with van der Waals surface area (Å²) in [5.41, 5.74) is 1.50. The van der Waals surface area contributed by atoms with Gasteiger partial charge in [0.15, 0.2) is 0 Å². The van der Waals surface area contributed by atoms with Crippen LogP contribution in [0.15, 0.2) is 65.6 Å². The standard InChI is InChI=1S/C29H33ClN4O7S/c1-6-31-29(36)21(4)32(17-22-9-7-8-19(2)14-22)28(35)18-33(26-15-23(30)11-13-27(26)41-5)42(39,40)24-12-10-20(3)25(16-24)34(37)38/h7-16,21H,6,17-18H2,1-5H3,(H,31,36)/t21-/m1/s1. The van der Waals surface area contributed by atoms with E-state index in [9.17, 15) is 28.1 Å². The Labute approximate surface area is 250 Å². The highest BCUT2D eigenvalue weighted by atomic mass is 35.5. The lowest BCUT2D eigenvalue weighted by molar-refractivity contribution is -0.385. The molecule has 42 heavy (non-hydrogen) atoms. The third-order valence-corrected chi connectivity index (χ3v) is 8.60. The Morgan fingerprint density at radius 2 is 1.81 bits per heavy atom. The molecule has 0 aliphatic heterocycles. The summed E-state index contributed by atoms with van der Waals surface area (Å²) >= 11 is 6.23. The molecule has 0 unspecified atom stereocenters. The highest BCUT2D eigenvalue weighted by Gasteiger charge is 2.34. The summed E-state index contributed by atoms with van der Waals surface area (Å²) in [6.45, 7) is 6.29. The van der Waals surface area contributed by atoms with Gasteiger partial charge in [-0.05, 0) is 57.5 Å². The Balaban J connectivity index is 2.17. The Bertz CT molecular complexity index is 1600. The number of benzene rings is 3. The second-order valence-corrected chi connectivity index (χ2v) is 11.9. The van der Waals surface area contributed by atoms with Crippen molar-refractivity contribution < 1.29 is 27.7 Å². The zero-order valence-electron chi connectivity index (χ0n) is 24.0. The summed E-state index contributed by atoms with van der Waals surface area (Å²) in [4.78, 5) is 38.7. The number of nitrogens with one attached hydrogen (secondary N) is 1. The van der Waals surface area contributed by atoms with Crippen molar-refractivity contribution in [3.05, 3.63) is 92.5 Å². The molecule has 0 aliphatic rings. The monoisotopic (exact) mass is 616 g/mol. The summed E-state index contributed by atoms with van der Waals surface area (Å²) in [5.74, 6) is -1.01. The average molecular weight is 617 g/mol. The number of nitrogens with zero attached hydrogens (tertiary/aromatic N) is 3. The van der Waals surface area contributed by atoms with E-state index in [4.69, 9.17) is 16.3 Å². The SMILES string of the molecule is CCNC(=O)[C@@H](C)N(Cc1cccc(C)c1)C(=O)CN(c1cc(Cl)ccc1OC)S(=O)(=O)c1ccc(C)c([N+](=O)[O-])c1. The van der Waals surface area contributed by atoms with Crippen LogP contribution in [0.2, 0.25) is 5.02 Å². The highest BCUT2D eigenvalue weighted by Crippen LogP contribution is 2.36. The van der Waals surface area contributed by atoms with E-state index in [1.807, 2.05) is 25.1 Å². The maximum Gasteiger partial charge on any atom is 0.273 e. The van der Waals surface area contributed by atoms with Crippen LogP contribution in [0, 0.1) is 24.0 Å². The van der Waals surface area contributed by atoms with Gasteiger partial charge in [-0.25, -0.2) is 8.42 Å². The normalized spacial score (nSPS) is 11.9. The van der Waals surface area contributed by atoms with Crippen LogP contribution in [-0.2, 0) is 26.2 Å². The number of aryl methyl sites for hydroxylation is 2. The number of hydrogen-bond donors (Lipinski definition) is 1. The molecule has 11 nitrogen and oxygen atoms in total. The summed E-state index contributed by atoms with van der Waals surface area (Å²) in [5, 5.41) is 14.5. The number of carbonyl (C=O) groups excluding carboxylic acids is 2. The van der Waals surface area contributed by atoms with Crippen molar-refractivity contribution in [2.24, 2.45) is 0 Å². The number of nitro groups is 1. The molecule has 224 valence electrons. The van der Waals surface area contributed by atoms with Crippen LogP contribution < -0.4 is 14.4 Å². The second-order valence-electron chi connectivity index (χ2n) is 9.61. The molecule has 3 aromatic rings. The third-order valence-electron chi connectivity index (χ3n) is 6.61. The van der Waals surface area contributed by atoms with Crippen LogP contribution in [0.3, 0.4) is 0 Å². The van der Waals surface area contributed by atoms with E-state index in [0.29, 0.717) is 6.54 Å². The van der Waals surface area contributed by atoms with Gasteiger partial charge in [0.25, 0.3) is 15.7 Å².